The van der Waals surface area contributed by atoms with Crippen molar-refractivity contribution in [2.75, 3.05) is 40.9 Å². The number of carbonyl (C=O) groups is 1. The molecule has 318 valence electrons. The van der Waals surface area contributed by atoms with Crippen LogP contribution in [0.15, 0.2) is 36.5 Å². The standard InChI is InChI=1S/C45H87N2O6P/c1-6-8-10-12-14-16-18-20-21-22-23-24-25-27-29-31-33-35-37-39-45(49)46-43(42-53-54(50,51)52-41-40-47(3,4)5)44(48)38-36-34-32-30-28-26-19-17-15-13-11-9-7-2/h22-23,28,30,36,38,43-44,48H,6-21,24-27,29,31-35,37,39-42H2,1-5H3,(H-,46,49,50,51)/p+1/b23-22-,30-28+,38-36+. The van der Waals surface area contributed by atoms with E-state index in [1.165, 1.54) is 135 Å². The molecule has 0 aliphatic heterocycles. The van der Waals surface area contributed by atoms with Crippen molar-refractivity contribution in [2.45, 2.75) is 206 Å². The first kappa shape index (κ1) is 52.7. The van der Waals surface area contributed by atoms with Crippen LogP contribution in [0.2, 0.25) is 0 Å². The zero-order chi connectivity index (χ0) is 40.0. The summed E-state index contributed by atoms with van der Waals surface area (Å²) in [5, 5.41) is 13.8. The molecular formula is C45H88N2O6P+. The average Bonchev–Trinajstić information content (AvgIpc) is 3.12. The van der Waals surface area contributed by atoms with E-state index in [2.05, 4.69) is 43.5 Å². The fourth-order valence-corrected chi connectivity index (χ4v) is 6.96. The van der Waals surface area contributed by atoms with Gasteiger partial charge in [-0.15, -0.1) is 0 Å². The number of quaternary nitrogens is 1. The SMILES string of the molecule is CCCCCCCCC/C=C/CC/C=C/C(O)C(COP(=O)(O)OCC[N+](C)(C)C)NC(=O)CCCCCCCCC/C=C\CCCCCCCCCC. The van der Waals surface area contributed by atoms with Crippen LogP contribution in [0, 0.1) is 0 Å². The van der Waals surface area contributed by atoms with Crippen molar-refractivity contribution >= 4 is 13.7 Å². The molecule has 0 saturated heterocycles. The number of nitrogens with one attached hydrogen (secondary N) is 1. The zero-order valence-corrected chi connectivity index (χ0v) is 36.9. The van der Waals surface area contributed by atoms with Gasteiger partial charge in [0, 0.05) is 6.42 Å². The number of rotatable bonds is 40. The number of phosphoric ester groups is 1. The normalized spacial score (nSPS) is 14.7. The number of hydrogen-bond donors (Lipinski definition) is 3. The first-order chi connectivity index (χ1) is 26.0. The van der Waals surface area contributed by atoms with Crippen molar-refractivity contribution < 1.29 is 32.9 Å². The molecule has 8 nitrogen and oxygen atoms in total. The van der Waals surface area contributed by atoms with Gasteiger partial charge in [0.25, 0.3) is 0 Å². The first-order valence-corrected chi connectivity index (χ1v) is 23.9. The van der Waals surface area contributed by atoms with E-state index in [9.17, 15) is 19.4 Å². The highest BCUT2D eigenvalue weighted by atomic mass is 31.2. The summed E-state index contributed by atoms with van der Waals surface area (Å²) >= 11 is 0. The molecule has 0 bridgehead atoms. The monoisotopic (exact) mass is 784 g/mol. The molecule has 0 saturated carbocycles. The van der Waals surface area contributed by atoms with Gasteiger partial charge in [0.05, 0.1) is 39.9 Å². The highest BCUT2D eigenvalue weighted by Gasteiger charge is 2.27. The second-order valence-electron chi connectivity index (χ2n) is 16.4. The molecule has 0 aromatic rings. The summed E-state index contributed by atoms with van der Waals surface area (Å²) in [4.78, 5) is 23.1. The van der Waals surface area contributed by atoms with E-state index in [0.717, 1.165) is 38.5 Å². The summed E-state index contributed by atoms with van der Waals surface area (Å²) in [6.45, 7) is 4.77. The number of hydrogen-bond acceptors (Lipinski definition) is 5. The Bertz CT molecular complexity index is 980. The third kappa shape index (κ3) is 39.0. The van der Waals surface area contributed by atoms with Crippen LogP contribution < -0.4 is 5.32 Å². The van der Waals surface area contributed by atoms with Crippen molar-refractivity contribution in [1.82, 2.24) is 5.32 Å². The molecule has 0 aliphatic rings. The summed E-state index contributed by atoms with van der Waals surface area (Å²) in [6, 6.07) is -0.863. The maximum atomic E-state index is 12.9. The van der Waals surface area contributed by atoms with Crippen molar-refractivity contribution in [3.63, 3.8) is 0 Å². The van der Waals surface area contributed by atoms with E-state index in [1.54, 1.807) is 6.08 Å². The largest absolute Gasteiger partial charge is 0.472 e. The first-order valence-electron chi connectivity index (χ1n) is 22.4. The highest BCUT2D eigenvalue weighted by molar-refractivity contribution is 7.47. The zero-order valence-electron chi connectivity index (χ0n) is 36.0. The minimum absolute atomic E-state index is 0.0552. The van der Waals surface area contributed by atoms with Crippen molar-refractivity contribution in [3.05, 3.63) is 36.5 Å². The molecule has 0 aliphatic carbocycles. The number of nitrogens with zero attached hydrogens (tertiary/aromatic N) is 1. The lowest BCUT2D eigenvalue weighted by atomic mass is 10.1. The molecule has 0 aromatic heterocycles. The quantitative estimate of drug-likeness (QED) is 0.0247. The molecule has 0 heterocycles. The molecule has 0 radical (unpaired) electrons. The van der Waals surface area contributed by atoms with Crippen molar-refractivity contribution in [1.29, 1.82) is 0 Å². The summed E-state index contributed by atoms with van der Waals surface area (Å²) in [7, 11) is 1.55. The lowest BCUT2D eigenvalue weighted by Crippen LogP contribution is -2.45. The molecule has 0 fully saturated rings. The Hall–Kier alpha value is -1.28. The van der Waals surface area contributed by atoms with Crippen LogP contribution in [0.1, 0.15) is 194 Å². The Morgan fingerprint density at radius 3 is 1.48 bits per heavy atom. The molecule has 0 aromatic carbocycles. The van der Waals surface area contributed by atoms with Gasteiger partial charge in [-0.25, -0.2) is 4.57 Å². The lowest BCUT2D eigenvalue weighted by molar-refractivity contribution is -0.870. The topological polar surface area (TPSA) is 105 Å². The van der Waals surface area contributed by atoms with Crippen LogP contribution in [-0.4, -0.2) is 73.4 Å². The van der Waals surface area contributed by atoms with Gasteiger partial charge in [0.1, 0.15) is 13.2 Å². The number of carbonyl (C=O) groups excluding carboxylic acids is 1. The number of aliphatic hydroxyl groups is 1. The molecule has 0 rings (SSSR count). The smallest absolute Gasteiger partial charge is 0.387 e. The van der Waals surface area contributed by atoms with Crippen LogP contribution >= 0.6 is 7.82 Å². The van der Waals surface area contributed by atoms with Gasteiger partial charge in [-0.2, -0.15) is 0 Å². The lowest BCUT2D eigenvalue weighted by Gasteiger charge is -2.25. The fraction of sp³-hybridized carbons (Fsp3) is 0.844. The van der Waals surface area contributed by atoms with Crippen LogP contribution in [0.3, 0.4) is 0 Å². The molecule has 54 heavy (non-hydrogen) atoms. The molecule has 3 atom stereocenters. The number of amides is 1. The van der Waals surface area contributed by atoms with Gasteiger partial charge in [-0.05, 0) is 57.8 Å². The highest BCUT2D eigenvalue weighted by Crippen LogP contribution is 2.43. The number of aliphatic hydroxyl groups excluding tert-OH is 1. The van der Waals surface area contributed by atoms with Gasteiger partial charge in [0.15, 0.2) is 0 Å². The van der Waals surface area contributed by atoms with Crippen LogP contribution in [-0.2, 0) is 18.4 Å². The Kier molecular flexibility index (Phi) is 36.4. The summed E-state index contributed by atoms with van der Waals surface area (Å²) in [6.07, 6.45) is 45.0. The minimum atomic E-state index is -4.34. The Morgan fingerprint density at radius 2 is 1.02 bits per heavy atom. The van der Waals surface area contributed by atoms with Gasteiger partial charge >= 0.3 is 7.82 Å². The number of unbranched alkanes of at least 4 members (excludes halogenated alkanes) is 23. The van der Waals surface area contributed by atoms with Crippen molar-refractivity contribution in [2.24, 2.45) is 0 Å². The Balaban J connectivity index is 4.42. The van der Waals surface area contributed by atoms with E-state index in [1.807, 2.05) is 27.2 Å². The maximum Gasteiger partial charge on any atom is 0.472 e. The second-order valence-corrected chi connectivity index (χ2v) is 17.9. The molecule has 1 amide bonds. The number of allylic oxidation sites excluding steroid dienone is 5. The van der Waals surface area contributed by atoms with E-state index >= 15 is 0 Å². The Labute approximate surface area is 334 Å². The number of phosphoric acid groups is 1. The predicted molar refractivity (Wildman–Crippen MR) is 231 cm³/mol. The third-order valence-corrected chi connectivity index (χ3v) is 10.8. The summed E-state index contributed by atoms with van der Waals surface area (Å²) in [5.74, 6) is -0.193. The van der Waals surface area contributed by atoms with Crippen LogP contribution in [0.5, 0.6) is 0 Å². The van der Waals surface area contributed by atoms with Crippen molar-refractivity contribution in [3.8, 4) is 0 Å². The van der Waals surface area contributed by atoms with E-state index in [-0.39, 0.29) is 19.1 Å². The minimum Gasteiger partial charge on any atom is -0.387 e. The third-order valence-electron chi connectivity index (χ3n) is 9.83. The second kappa shape index (κ2) is 37.3. The fourth-order valence-electron chi connectivity index (χ4n) is 6.23. The van der Waals surface area contributed by atoms with E-state index in [4.69, 9.17) is 9.05 Å². The number of likely N-dealkylation sites (N-methyl/N-ethyl adjacent to an activating group) is 1. The summed E-state index contributed by atoms with van der Waals surface area (Å²) in [5.41, 5.74) is 0. The molecule has 3 unspecified atom stereocenters. The van der Waals surface area contributed by atoms with Gasteiger partial charge in [0.2, 0.25) is 5.91 Å². The van der Waals surface area contributed by atoms with Gasteiger partial charge < -0.3 is 19.8 Å². The predicted octanol–water partition coefficient (Wildman–Crippen LogP) is 12.3. The van der Waals surface area contributed by atoms with E-state index in [0.29, 0.717) is 17.4 Å². The van der Waals surface area contributed by atoms with Gasteiger partial charge in [-0.1, -0.05) is 166 Å². The summed E-state index contributed by atoms with van der Waals surface area (Å²) < 4.78 is 23.5. The van der Waals surface area contributed by atoms with Crippen LogP contribution in [0.25, 0.3) is 0 Å². The maximum absolute atomic E-state index is 12.9. The average molecular weight is 784 g/mol. The van der Waals surface area contributed by atoms with Crippen LogP contribution in [0.4, 0.5) is 0 Å². The van der Waals surface area contributed by atoms with E-state index < -0.39 is 20.0 Å². The van der Waals surface area contributed by atoms with Gasteiger partial charge in [-0.3, -0.25) is 13.8 Å². The molecular weight excluding hydrogens is 695 g/mol. The molecule has 3 N–H and O–H groups in total. The molecule has 9 heteroatoms. The Morgan fingerprint density at radius 1 is 0.611 bits per heavy atom. The molecule has 0 spiro atoms.